The van der Waals surface area contributed by atoms with Crippen molar-refractivity contribution in [1.82, 2.24) is 4.98 Å². The highest BCUT2D eigenvalue weighted by Gasteiger charge is 2.14. The summed E-state index contributed by atoms with van der Waals surface area (Å²) in [7, 11) is 0. The van der Waals surface area contributed by atoms with Crippen molar-refractivity contribution in [3.8, 4) is 0 Å². The van der Waals surface area contributed by atoms with Gasteiger partial charge in [0.1, 0.15) is 0 Å². The van der Waals surface area contributed by atoms with Gasteiger partial charge in [-0.2, -0.15) is 0 Å². The van der Waals surface area contributed by atoms with Gasteiger partial charge >= 0.3 is 5.97 Å². The average molecular weight is 176 g/mol. The average Bonchev–Trinajstić information content (AvgIpc) is 2.30. The lowest BCUT2D eigenvalue weighted by Gasteiger charge is -1.84. The van der Waals surface area contributed by atoms with Crippen LogP contribution in [0.2, 0.25) is 0 Å². The Balaban J connectivity index is 3.07. The van der Waals surface area contributed by atoms with Crippen LogP contribution in [0.1, 0.15) is 22.1 Å². The van der Waals surface area contributed by atoms with E-state index in [0.29, 0.717) is 5.69 Å². The molecule has 1 aromatic heterocycles. The predicted molar refractivity (Wildman–Crippen MR) is 37.8 cm³/mol. The van der Waals surface area contributed by atoms with Crippen LogP contribution in [0.5, 0.6) is 0 Å². The number of carboxylic acids is 1. The molecule has 1 N–H and O–H groups in total. The van der Waals surface area contributed by atoms with Gasteiger partial charge in [0.15, 0.2) is 0 Å². The maximum absolute atomic E-state index is 10.4. The molecule has 5 heteroatoms. The van der Waals surface area contributed by atoms with E-state index in [1.165, 1.54) is 0 Å². The maximum atomic E-state index is 10.4. The monoisotopic (exact) mass is 175 g/mol. The number of carboxylic acid groups (broad SMARTS) is 1. The Hall–Kier alpha value is -1.03. The summed E-state index contributed by atoms with van der Waals surface area (Å²) < 4.78 is 4.78. The Morgan fingerprint density at radius 2 is 2.45 bits per heavy atom. The number of rotatable bonds is 2. The molecule has 0 aliphatic rings. The molecule has 0 amide bonds. The van der Waals surface area contributed by atoms with E-state index in [1.807, 2.05) is 0 Å². The third kappa shape index (κ3) is 1.51. The third-order valence-electron chi connectivity index (χ3n) is 1.15. The van der Waals surface area contributed by atoms with Crippen LogP contribution in [-0.2, 0) is 5.88 Å². The molecule has 0 radical (unpaired) electrons. The van der Waals surface area contributed by atoms with Crippen LogP contribution in [0.4, 0.5) is 0 Å². The molecule has 1 heterocycles. The van der Waals surface area contributed by atoms with Crippen LogP contribution in [0, 0.1) is 6.92 Å². The van der Waals surface area contributed by atoms with Crippen molar-refractivity contribution in [3.63, 3.8) is 0 Å². The second-order valence-corrected chi connectivity index (χ2v) is 2.23. The highest BCUT2D eigenvalue weighted by Crippen LogP contribution is 2.11. The molecule has 4 nitrogen and oxygen atoms in total. The molecule has 0 aliphatic heterocycles. The smallest absolute Gasteiger partial charge is 0.373 e. The molecule has 0 unspecified atom stereocenters. The van der Waals surface area contributed by atoms with Crippen molar-refractivity contribution in [2.24, 2.45) is 0 Å². The van der Waals surface area contributed by atoms with Gasteiger partial charge in [-0.25, -0.2) is 9.78 Å². The molecule has 0 aliphatic carbocycles. The van der Waals surface area contributed by atoms with Crippen molar-refractivity contribution in [3.05, 3.63) is 17.3 Å². The first-order valence-corrected chi connectivity index (χ1v) is 3.44. The zero-order valence-corrected chi connectivity index (χ0v) is 6.55. The summed E-state index contributed by atoms with van der Waals surface area (Å²) in [6.07, 6.45) is 0. The normalized spacial score (nSPS) is 10.0. The minimum atomic E-state index is -1.12. The maximum Gasteiger partial charge on any atom is 0.373 e. The van der Waals surface area contributed by atoms with Gasteiger partial charge in [-0.05, 0) is 6.92 Å². The van der Waals surface area contributed by atoms with Crippen molar-refractivity contribution in [2.45, 2.75) is 12.8 Å². The zero-order valence-electron chi connectivity index (χ0n) is 5.80. The summed E-state index contributed by atoms with van der Waals surface area (Å²) in [5.41, 5.74) is 0.355. The number of hydrogen-bond acceptors (Lipinski definition) is 3. The number of nitrogens with zero attached hydrogens (tertiary/aromatic N) is 1. The van der Waals surface area contributed by atoms with Gasteiger partial charge in [0.05, 0.1) is 11.6 Å². The number of oxazole rings is 1. The first-order valence-electron chi connectivity index (χ1n) is 2.90. The third-order valence-corrected chi connectivity index (χ3v) is 1.38. The Bertz CT molecular complexity index is 281. The lowest BCUT2D eigenvalue weighted by atomic mass is 10.4. The zero-order chi connectivity index (χ0) is 8.43. The number of aromatic carboxylic acids is 1. The molecule has 0 fully saturated rings. The Kier molecular flexibility index (Phi) is 2.14. The van der Waals surface area contributed by atoms with Crippen LogP contribution >= 0.6 is 11.6 Å². The highest BCUT2D eigenvalue weighted by atomic mass is 35.5. The summed E-state index contributed by atoms with van der Waals surface area (Å²) in [5.74, 6) is -0.928. The minimum absolute atomic E-state index is 0.0914. The molecule has 1 rings (SSSR count). The number of alkyl halides is 1. The van der Waals surface area contributed by atoms with Crippen molar-refractivity contribution in [2.75, 3.05) is 0 Å². The molecule has 0 saturated carbocycles. The van der Waals surface area contributed by atoms with E-state index in [9.17, 15) is 4.79 Å². The number of aryl methyl sites for hydroxylation is 1. The van der Waals surface area contributed by atoms with Gasteiger partial charge in [-0.1, -0.05) is 0 Å². The van der Waals surface area contributed by atoms with Crippen molar-refractivity contribution < 1.29 is 14.3 Å². The van der Waals surface area contributed by atoms with Crippen LogP contribution in [0.15, 0.2) is 4.42 Å². The molecule has 0 spiro atoms. The van der Waals surface area contributed by atoms with E-state index in [1.54, 1.807) is 6.92 Å². The highest BCUT2D eigenvalue weighted by molar-refractivity contribution is 6.16. The van der Waals surface area contributed by atoms with Gasteiger partial charge in [0.25, 0.3) is 0 Å². The molecular formula is C6H6ClNO3. The van der Waals surface area contributed by atoms with E-state index in [0.717, 1.165) is 0 Å². The second kappa shape index (κ2) is 2.92. The molecule has 0 bridgehead atoms. The summed E-state index contributed by atoms with van der Waals surface area (Å²) in [6, 6.07) is 0. The van der Waals surface area contributed by atoms with E-state index >= 15 is 0 Å². The van der Waals surface area contributed by atoms with E-state index in [-0.39, 0.29) is 17.5 Å². The van der Waals surface area contributed by atoms with Crippen LogP contribution in [-0.4, -0.2) is 16.1 Å². The fraction of sp³-hybridized carbons (Fsp3) is 0.333. The summed E-state index contributed by atoms with van der Waals surface area (Å²) >= 11 is 5.37. The topological polar surface area (TPSA) is 63.3 Å². The molecule has 60 valence electrons. The summed E-state index contributed by atoms with van der Waals surface area (Å²) in [6.45, 7) is 1.56. The van der Waals surface area contributed by atoms with E-state index in [4.69, 9.17) is 21.1 Å². The first-order chi connectivity index (χ1) is 5.15. The lowest BCUT2D eigenvalue weighted by molar-refractivity contribution is 0.0659. The first kappa shape index (κ1) is 8.07. The SMILES string of the molecule is Cc1nc(CCl)oc1C(=O)O. The molecule has 1 aromatic rings. The number of carbonyl (C=O) groups is 1. The van der Waals surface area contributed by atoms with E-state index < -0.39 is 5.97 Å². The van der Waals surface area contributed by atoms with Gasteiger partial charge in [-0.15, -0.1) is 11.6 Å². The fourth-order valence-electron chi connectivity index (χ4n) is 0.708. The van der Waals surface area contributed by atoms with Gasteiger partial charge in [0, 0.05) is 0 Å². The van der Waals surface area contributed by atoms with E-state index in [2.05, 4.69) is 4.98 Å². The standard InChI is InChI=1S/C6H6ClNO3/c1-3-5(6(9)10)11-4(2-7)8-3/h2H2,1H3,(H,9,10). The Morgan fingerprint density at radius 3 is 2.73 bits per heavy atom. The molecule has 0 atom stereocenters. The van der Waals surface area contributed by atoms with Crippen LogP contribution in [0.25, 0.3) is 0 Å². The quantitative estimate of drug-likeness (QED) is 0.691. The number of hydrogen-bond donors (Lipinski definition) is 1. The summed E-state index contributed by atoms with van der Waals surface area (Å²) in [5, 5.41) is 8.50. The lowest BCUT2D eigenvalue weighted by Crippen LogP contribution is -1.95. The molecule has 0 aromatic carbocycles. The molecule has 0 saturated heterocycles. The van der Waals surface area contributed by atoms with Crippen LogP contribution < -0.4 is 0 Å². The van der Waals surface area contributed by atoms with Gasteiger partial charge in [0.2, 0.25) is 11.7 Å². The Labute approximate surface area is 67.8 Å². The number of aromatic nitrogens is 1. The van der Waals surface area contributed by atoms with Crippen molar-refractivity contribution >= 4 is 17.6 Å². The van der Waals surface area contributed by atoms with Gasteiger partial charge < -0.3 is 9.52 Å². The minimum Gasteiger partial charge on any atom is -0.475 e. The second-order valence-electron chi connectivity index (χ2n) is 1.96. The Morgan fingerprint density at radius 1 is 1.82 bits per heavy atom. The molecular weight excluding hydrogens is 170 g/mol. The van der Waals surface area contributed by atoms with Crippen molar-refractivity contribution in [1.29, 1.82) is 0 Å². The van der Waals surface area contributed by atoms with Gasteiger partial charge in [-0.3, -0.25) is 0 Å². The largest absolute Gasteiger partial charge is 0.475 e. The fourth-order valence-corrected chi connectivity index (χ4v) is 0.822. The predicted octanol–water partition coefficient (Wildman–Crippen LogP) is 1.42. The number of halogens is 1. The molecule has 11 heavy (non-hydrogen) atoms. The van der Waals surface area contributed by atoms with Crippen LogP contribution in [0.3, 0.4) is 0 Å². The summed E-state index contributed by atoms with van der Waals surface area (Å²) in [4.78, 5) is 14.1.